The van der Waals surface area contributed by atoms with Crippen LogP contribution in [-0.4, -0.2) is 33.9 Å². The first-order valence-electron chi connectivity index (χ1n) is 7.98. The van der Waals surface area contributed by atoms with Crippen molar-refractivity contribution in [2.45, 2.75) is 12.8 Å². The van der Waals surface area contributed by atoms with Gasteiger partial charge in [-0.15, -0.1) is 0 Å². The highest BCUT2D eigenvalue weighted by Gasteiger charge is 2.26. The first-order valence-corrected chi connectivity index (χ1v) is 8.79. The average Bonchev–Trinajstić information content (AvgIpc) is 3.05. The van der Waals surface area contributed by atoms with Crippen LogP contribution in [0.3, 0.4) is 0 Å². The lowest BCUT2D eigenvalue weighted by molar-refractivity contribution is -0.120. The molecule has 1 aliphatic rings. The van der Waals surface area contributed by atoms with Crippen molar-refractivity contribution in [3.8, 4) is 0 Å². The molecule has 2 aromatic heterocycles. The van der Waals surface area contributed by atoms with Crippen molar-refractivity contribution in [1.29, 1.82) is 0 Å². The minimum absolute atomic E-state index is 0.0111. The monoisotopic (exact) mass is 339 g/mol. The summed E-state index contributed by atoms with van der Waals surface area (Å²) in [5.41, 5.74) is 0.925. The minimum atomic E-state index is 0.0111. The Kier molecular flexibility index (Phi) is 4.08. The van der Waals surface area contributed by atoms with E-state index in [2.05, 4.69) is 25.2 Å². The van der Waals surface area contributed by atoms with Crippen molar-refractivity contribution in [3.05, 3.63) is 42.7 Å². The van der Waals surface area contributed by atoms with Crippen molar-refractivity contribution >= 4 is 38.5 Å². The fourth-order valence-electron chi connectivity index (χ4n) is 2.93. The number of benzene rings is 1. The second kappa shape index (κ2) is 6.52. The molecule has 24 heavy (non-hydrogen) atoms. The quantitative estimate of drug-likeness (QED) is 0.794. The van der Waals surface area contributed by atoms with Crippen LogP contribution in [0.2, 0.25) is 0 Å². The van der Waals surface area contributed by atoms with Gasteiger partial charge in [-0.1, -0.05) is 23.5 Å². The smallest absolute Gasteiger partial charge is 0.229 e. The summed E-state index contributed by atoms with van der Waals surface area (Å²) in [5.74, 6) is 0.808. The van der Waals surface area contributed by atoms with Crippen LogP contribution < -0.4 is 10.2 Å². The molecule has 122 valence electrons. The lowest BCUT2D eigenvalue weighted by atomic mass is 9.96. The number of piperidine rings is 1. The minimum Gasteiger partial charge on any atom is -0.341 e. The molecular formula is C17H17N5OS. The fraction of sp³-hybridized carbons (Fsp3) is 0.294. The standard InChI is InChI=1S/C17H17N5OS/c23-15(21-17-20-13-4-1-2-5-14(13)24-17)12-6-10-22(11-7-12)16-18-8-3-9-19-16/h1-5,8-9,12H,6-7,10-11H2,(H,20,21,23). The number of carbonyl (C=O) groups excluding carboxylic acids is 1. The second-order valence-corrected chi connectivity index (χ2v) is 6.82. The summed E-state index contributed by atoms with van der Waals surface area (Å²) < 4.78 is 1.09. The van der Waals surface area contributed by atoms with E-state index in [9.17, 15) is 4.79 Å². The van der Waals surface area contributed by atoms with Crippen LogP contribution in [0.4, 0.5) is 11.1 Å². The highest BCUT2D eigenvalue weighted by atomic mass is 32.1. The number of fused-ring (bicyclic) bond motifs is 1. The van der Waals surface area contributed by atoms with E-state index < -0.39 is 0 Å². The van der Waals surface area contributed by atoms with Crippen molar-refractivity contribution in [1.82, 2.24) is 15.0 Å². The van der Waals surface area contributed by atoms with Gasteiger partial charge in [-0.25, -0.2) is 15.0 Å². The highest BCUT2D eigenvalue weighted by Crippen LogP contribution is 2.27. The Bertz CT molecular complexity index is 809. The van der Waals surface area contributed by atoms with Gasteiger partial charge in [0.2, 0.25) is 11.9 Å². The number of anilines is 2. The molecule has 1 saturated heterocycles. The molecule has 1 aromatic carbocycles. The molecule has 3 heterocycles. The summed E-state index contributed by atoms with van der Waals surface area (Å²) in [5, 5.41) is 3.65. The summed E-state index contributed by atoms with van der Waals surface area (Å²) >= 11 is 1.51. The Labute approximate surface area is 143 Å². The summed E-state index contributed by atoms with van der Waals surface area (Å²) in [6.45, 7) is 1.59. The second-order valence-electron chi connectivity index (χ2n) is 5.79. The van der Waals surface area contributed by atoms with Crippen molar-refractivity contribution in [2.24, 2.45) is 5.92 Å². The van der Waals surface area contributed by atoms with Gasteiger partial charge in [0.25, 0.3) is 0 Å². The third-order valence-electron chi connectivity index (χ3n) is 4.22. The molecule has 0 unspecified atom stereocenters. The molecular weight excluding hydrogens is 322 g/mol. The zero-order chi connectivity index (χ0) is 16.4. The zero-order valence-corrected chi connectivity index (χ0v) is 13.9. The van der Waals surface area contributed by atoms with Crippen LogP contribution in [0, 0.1) is 5.92 Å². The van der Waals surface area contributed by atoms with Gasteiger partial charge in [0.1, 0.15) is 0 Å². The lowest BCUT2D eigenvalue weighted by Crippen LogP contribution is -2.38. The molecule has 0 spiro atoms. The van der Waals surface area contributed by atoms with E-state index >= 15 is 0 Å². The van der Waals surface area contributed by atoms with Gasteiger partial charge in [-0.2, -0.15) is 0 Å². The number of rotatable bonds is 3. The van der Waals surface area contributed by atoms with Gasteiger partial charge in [0, 0.05) is 31.4 Å². The Morgan fingerprint density at radius 3 is 2.62 bits per heavy atom. The Hall–Kier alpha value is -2.54. The molecule has 0 atom stereocenters. The van der Waals surface area contributed by atoms with E-state index in [1.54, 1.807) is 12.4 Å². The molecule has 7 heteroatoms. The normalized spacial score (nSPS) is 15.6. The van der Waals surface area contributed by atoms with Gasteiger partial charge in [0.05, 0.1) is 10.2 Å². The number of nitrogens with one attached hydrogen (secondary N) is 1. The van der Waals surface area contributed by atoms with Crippen LogP contribution in [0.5, 0.6) is 0 Å². The predicted octanol–water partition coefficient (Wildman–Crippen LogP) is 2.94. The number of para-hydroxylation sites is 1. The van der Waals surface area contributed by atoms with E-state index in [1.165, 1.54) is 11.3 Å². The molecule has 1 N–H and O–H groups in total. The number of hydrogen-bond donors (Lipinski definition) is 1. The van der Waals surface area contributed by atoms with E-state index in [0.717, 1.165) is 42.1 Å². The molecule has 1 aliphatic heterocycles. The maximum atomic E-state index is 12.5. The van der Waals surface area contributed by atoms with Crippen LogP contribution in [0.15, 0.2) is 42.7 Å². The molecule has 0 bridgehead atoms. The zero-order valence-electron chi connectivity index (χ0n) is 13.1. The van der Waals surface area contributed by atoms with E-state index in [0.29, 0.717) is 5.13 Å². The molecule has 1 fully saturated rings. The third-order valence-corrected chi connectivity index (χ3v) is 5.18. The van der Waals surface area contributed by atoms with Crippen molar-refractivity contribution in [2.75, 3.05) is 23.3 Å². The van der Waals surface area contributed by atoms with E-state index in [4.69, 9.17) is 0 Å². The van der Waals surface area contributed by atoms with Gasteiger partial charge in [-0.3, -0.25) is 4.79 Å². The number of thiazole rings is 1. The van der Waals surface area contributed by atoms with Crippen molar-refractivity contribution in [3.63, 3.8) is 0 Å². The topological polar surface area (TPSA) is 71.0 Å². The number of hydrogen-bond acceptors (Lipinski definition) is 6. The predicted molar refractivity (Wildman–Crippen MR) is 95.2 cm³/mol. The van der Waals surface area contributed by atoms with Crippen LogP contribution in [0.25, 0.3) is 10.2 Å². The maximum Gasteiger partial charge on any atom is 0.229 e. The van der Waals surface area contributed by atoms with Gasteiger partial charge in [-0.05, 0) is 31.0 Å². The van der Waals surface area contributed by atoms with Gasteiger partial charge >= 0.3 is 0 Å². The number of aromatic nitrogens is 3. The first-order chi connectivity index (χ1) is 11.8. The Morgan fingerprint density at radius 1 is 1.12 bits per heavy atom. The van der Waals surface area contributed by atoms with Gasteiger partial charge < -0.3 is 10.2 Å². The molecule has 0 radical (unpaired) electrons. The van der Waals surface area contributed by atoms with Gasteiger partial charge in [0.15, 0.2) is 5.13 Å². The molecule has 0 saturated carbocycles. The van der Waals surface area contributed by atoms with Crippen molar-refractivity contribution < 1.29 is 4.79 Å². The largest absolute Gasteiger partial charge is 0.341 e. The SMILES string of the molecule is O=C(Nc1nc2ccccc2s1)C1CCN(c2ncccn2)CC1. The number of nitrogens with zero attached hydrogens (tertiary/aromatic N) is 4. The Morgan fingerprint density at radius 2 is 1.88 bits per heavy atom. The summed E-state index contributed by atoms with van der Waals surface area (Å²) in [6, 6.07) is 9.71. The first kappa shape index (κ1) is 15.0. The summed E-state index contributed by atoms with van der Waals surface area (Å²) in [7, 11) is 0. The van der Waals surface area contributed by atoms with Crippen LogP contribution in [0.1, 0.15) is 12.8 Å². The molecule has 3 aromatic rings. The van der Waals surface area contributed by atoms with E-state index in [1.807, 2.05) is 30.3 Å². The third kappa shape index (κ3) is 3.07. The maximum absolute atomic E-state index is 12.5. The van der Waals surface area contributed by atoms with Crippen LogP contribution >= 0.6 is 11.3 Å². The summed E-state index contributed by atoms with van der Waals surface area (Å²) in [4.78, 5) is 27.6. The van der Waals surface area contributed by atoms with Crippen LogP contribution in [-0.2, 0) is 4.79 Å². The molecule has 4 rings (SSSR count). The average molecular weight is 339 g/mol. The Balaban J connectivity index is 1.37. The van der Waals surface area contributed by atoms with E-state index in [-0.39, 0.29) is 11.8 Å². The molecule has 1 amide bonds. The molecule has 6 nitrogen and oxygen atoms in total. The number of amides is 1. The summed E-state index contributed by atoms with van der Waals surface area (Å²) in [6.07, 6.45) is 5.09. The lowest BCUT2D eigenvalue weighted by Gasteiger charge is -2.30. The highest BCUT2D eigenvalue weighted by molar-refractivity contribution is 7.22. The molecule has 0 aliphatic carbocycles. The number of carbonyl (C=O) groups is 1. The fourth-order valence-corrected chi connectivity index (χ4v) is 3.80.